The van der Waals surface area contributed by atoms with Crippen LogP contribution in [0.4, 0.5) is 0 Å². The van der Waals surface area contributed by atoms with Gasteiger partial charge in [-0.2, -0.15) is 0 Å². The van der Waals surface area contributed by atoms with Gasteiger partial charge in [-0.25, -0.2) is 4.98 Å². The Hall–Kier alpha value is -3.35. The highest BCUT2D eigenvalue weighted by atomic mass is 16.5. The topological polar surface area (TPSA) is 81.5 Å². The normalized spacial score (nSPS) is 14.6. The average molecular weight is 499 g/mol. The summed E-state index contributed by atoms with van der Waals surface area (Å²) in [5, 5.41) is 12.5. The molecule has 1 aliphatic rings. The number of nitrogens with zero attached hydrogens (tertiary/aromatic N) is 2. The minimum Gasteiger partial charge on any atom is -0.493 e. The molecule has 6 nitrogen and oxygen atoms in total. The quantitative estimate of drug-likeness (QED) is 0.345. The summed E-state index contributed by atoms with van der Waals surface area (Å²) in [5.41, 5.74) is 5.20. The molecule has 0 bridgehead atoms. The summed E-state index contributed by atoms with van der Waals surface area (Å²) in [6.07, 6.45) is 1.89. The fourth-order valence-corrected chi connectivity index (χ4v) is 5.19. The smallest absolute Gasteiger partial charge is 0.163 e. The number of benzene rings is 2. The van der Waals surface area contributed by atoms with Crippen LogP contribution in [0.25, 0.3) is 32.9 Å². The van der Waals surface area contributed by atoms with Crippen LogP contribution >= 0.6 is 0 Å². The number of Topliss-reactive ketones (excluding diaryl/α,β-unsaturated/α-hetero) is 1. The van der Waals surface area contributed by atoms with Crippen LogP contribution in [0.5, 0.6) is 5.75 Å². The third-order valence-electron chi connectivity index (χ3n) is 6.81. The molecule has 192 valence electrons. The second-order valence-corrected chi connectivity index (χ2v) is 11.4. The number of ketones is 1. The van der Waals surface area contributed by atoms with Gasteiger partial charge in [-0.15, -0.1) is 0 Å². The third kappa shape index (κ3) is 4.60. The lowest BCUT2D eigenvalue weighted by Gasteiger charge is -2.30. The summed E-state index contributed by atoms with van der Waals surface area (Å²) < 4.78 is 12.4. The Morgan fingerprint density at radius 2 is 1.86 bits per heavy atom. The Morgan fingerprint density at radius 3 is 2.54 bits per heavy atom. The molecule has 0 spiro atoms. The van der Waals surface area contributed by atoms with E-state index in [1.807, 2.05) is 70.3 Å². The fourth-order valence-electron chi connectivity index (χ4n) is 5.19. The summed E-state index contributed by atoms with van der Waals surface area (Å²) >= 11 is 0. The molecule has 5 rings (SSSR count). The minimum absolute atomic E-state index is 0.0706. The van der Waals surface area contributed by atoms with Crippen LogP contribution in [-0.4, -0.2) is 33.1 Å². The van der Waals surface area contributed by atoms with Gasteiger partial charge in [0.1, 0.15) is 17.5 Å². The molecule has 1 atom stereocenters. The van der Waals surface area contributed by atoms with E-state index in [0.717, 1.165) is 56.2 Å². The number of hydrogen-bond donors (Lipinski definition) is 1. The molecule has 1 N–H and O–H groups in total. The van der Waals surface area contributed by atoms with Gasteiger partial charge in [-0.3, -0.25) is 9.78 Å². The maximum Gasteiger partial charge on any atom is 0.163 e. The van der Waals surface area contributed by atoms with E-state index in [1.54, 1.807) is 20.8 Å². The van der Waals surface area contributed by atoms with Crippen molar-refractivity contribution in [3.63, 3.8) is 0 Å². The largest absolute Gasteiger partial charge is 0.493 e. The maximum atomic E-state index is 13.1. The van der Waals surface area contributed by atoms with Crippen LogP contribution in [0.2, 0.25) is 0 Å². The predicted octanol–water partition coefficient (Wildman–Crippen LogP) is 6.37. The minimum atomic E-state index is -1.09. The van der Waals surface area contributed by atoms with Crippen molar-refractivity contribution in [3.8, 4) is 16.9 Å². The van der Waals surface area contributed by atoms with E-state index in [1.165, 1.54) is 5.56 Å². The zero-order valence-electron chi connectivity index (χ0n) is 22.6. The first-order valence-corrected chi connectivity index (χ1v) is 12.7. The summed E-state index contributed by atoms with van der Waals surface area (Å²) in [4.78, 5) is 22.7. The highest BCUT2D eigenvalue weighted by Crippen LogP contribution is 2.45. The number of aliphatic hydroxyl groups is 1. The first kappa shape index (κ1) is 25.3. The number of fused-ring (bicyclic) bond motifs is 1. The Kier molecular flexibility index (Phi) is 6.08. The van der Waals surface area contributed by atoms with Crippen LogP contribution in [0.1, 0.15) is 70.0 Å². The van der Waals surface area contributed by atoms with E-state index in [2.05, 4.69) is 0 Å². The second-order valence-electron chi connectivity index (χ2n) is 11.4. The molecule has 0 radical (unpaired) electrons. The molecule has 2 aromatic heterocycles. The zero-order valence-corrected chi connectivity index (χ0v) is 22.6. The number of ether oxygens (including phenoxy) is 2. The molecule has 37 heavy (non-hydrogen) atoms. The van der Waals surface area contributed by atoms with Gasteiger partial charge in [0.25, 0.3) is 0 Å². The number of hydrogen-bond acceptors (Lipinski definition) is 6. The van der Waals surface area contributed by atoms with Crippen molar-refractivity contribution in [1.82, 2.24) is 9.97 Å². The summed E-state index contributed by atoms with van der Waals surface area (Å²) in [7, 11) is 0. The maximum absolute atomic E-state index is 13.1. The molecular weight excluding hydrogens is 464 g/mol. The molecule has 0 aliphatic carbocycles. The van der Waals surface area contributed by atoms with Crippen molar-refractivity contribution in [2.75, 3.05) is 6.61 Å². The number of aryl methyl sites for hydroxylation is 1. The molecule has 0 fully saturated rings. The molecule has 3 heterocycles. The average Bonchev–Trinajstić information content (AvgIpc) is 2.81. The molecule has 1 aliphatic heterocycles. The molecule has 1 unspecified atom stereocenters. The van der Waals surface area contributed by atoms with Gasteiger partial charge in [0.15, 0.2) is 5.78 Å². The van der Waals surface area contributed by atoms with Crippen LogP contribution < -0.4 is 4.74 Å². The molecular formula is C31H34N2O4. The van der Waals surface area contributed by atoms with E-state index in [-0.39, 0.29) is 5.78 Å². The van der Waals surface area contributed by atoms with Crippen LogP contribution in [0.3, 0.4) is 0 Å². The first-order valence-electron chi connectivity index (χ1n) is 12.7. The van der Waals surface area contributed by atoms with Gasteiger partial charge in [0.2, 0.25) is 0 Å². The van der Waals surface area contributed by atoms with E-state index in [4.69, 9.17) is 19.4 Å². The molecule has 0 saturated carbocycles. The Balaban J connectivity index is 1.91. The first-order chi connectivity index (χ1) is 17.3. The van der Waals surface area contributed by atoms with Crippen molar-refractivity contribution in [2.24, 2.45) is 0 Å². The predicted molar refractivity (Wildman–Crippen MR) is 146 cm³/mol. The van der Waals surface area contributed by atoms with Crippen molar-refractivity contribution in [2.45, 2.75) is 72.2 Å². The summed E-state index contributed by atoms with van der Waals surface area (Å²) in [5.74, 6) is 0.752. The van der Waals surface area contributed by atoms with Crippen LogP contribution in [0.15, 0.2) is 42.6 Å². The Morgan fingerprint density at radius 1 is 1.11 bits per heavy atom. The van der Waals surface area contributed by atoms with Gasteiger partial charge in [-0.05, 0) is 101 Å². The number of carbonyl (C=O) groups is 1. The van der Waals surface area contributed by atoms with E-state index in [0.29, 0.717) is 12.3 Å². The third-order valence-corrected chi connectivity index (χ3v) is 6.81. The van der Waals surface area contributed by atoms with E-state index < -0.39 is 17.3 Å². The standard InChI is InChI=1S/C31H34N2O4/c1-17-16-22-20(9-11-24(33-22)31(6,7)35)27(25(17)29(18(2)34)37-30(3,4)5)21-8-10-23-26-19(13-15-36-23)12-14-32-28(21)26/h8-12,14,16,29,35H,13,15H2,1-7H3. The molecule has 2 aromatic carbocycles. The van der Waals surface area contributed by atoms with Gasteiger partial charge < -0.3 is 14.6 Å². The number of carbonyl (C=O) groups excluding carboxylic acids is 1. The molecule has 0 saturated heterocycles. The second kappa shape index (κ2) is 8.89. The number of rotatable bonds is 5. The lowest BCUT2D eigenvalue weighted by Crippen LogP contribution is -2.27. The van der Waals surface area contributed by atoms with E-state index in [9.17, 15) is 9.90 Å². The zero-order chi connectivity index (χ0) is 26.7. The molecule has 4 aromatic rings. The van der Waals surface area contributed by atoms with Crippen molar-refractivity contribution in [3.05, 3.63) is 65.0 Å². The monoisotopic (exact) mass is 498 g/mol. The summed E-state index contributed by atoms with van der Waals surface area (Å²) in [6, 6.07) is 11.9. The van der Waals surface area contributed by atoms with Crippen LogP contribution in [-0.2, 0) is 21.6 Å². The van der Waals surface area contributed by atoms with Crippen molar-refractivity contribution < 1.29 is 19.4 Å². The van der Waals surface area contributed by atoms with Gasteiger partial charge in [0, 0.05) is 29.0 Å². The molecule has 6 heteroatoms. The number of pyridine rings is 2. The summed E-state index contributed by atoms with van der Waals surface area (Å²) in [6.45, 7) is 13.5. The molecule has 0 amide bonds. The Bertz CT molecular complexity index is 1530. The Labute approximate surface area is 217 Å². The van der Waals surface area contributed by atoms with E-state index >= 15 is 0 Å². The van der Waals surface area contributed by atoms with Gasteiger partial charge >= 0.3 is 0 Å². The highest BCUT2D eigenvalue weighted by Gasteiger charge is 2.31. The lowest BCUT2D eigenvalue weighted by molar-refractivity contribution is -0.138. The van der Waals surface area contributed by atoms with Gasteiger partial charge in [-0.1, -0.05) is 6.07 Å². The van der Waals surface area contributed by atoms with Crippen LogP contribution in [0, 0.1) is 6.92 Å². The number of aromatic nitrogens is 2. The van der Waals surface area contributed by atoms with Crippen molar-refractivity contribution in [1.29, 1.82) is 0 Å². The SMILES string of the molecule is CC(=O)C(OC(C)(C)C)c1c(C)cc2nc(C(C)(C)O)ccc2c1-c1ccc2c3c(ccnc13)CCO2. The fraction of sp³-hybridized carbons (Fsp3) is 0.387. The highest BCUT2D eigenvalue weighted by molar-refractivity contribution is 6.08. The van der Waals surface area contributed by atoms with Crippen molar-refractivity contribution >= 4 is 27.6 Å². The lowest BCUT2D eigenvalue weighted by atomic mass is 9.85. The van der Waals surface area contributed by atoms with Gasteiger partial charge in [0.05, 0.1) is 28.9 Å².